The highest BCUT2D eigenvalue weighted by molar-refractivity contribution is 6.13. The van der Waals surface area contributed by atoms with Crippen LogP contribution >= 0.6 is 0 Å². The van der Waals surface area contributed by atoms with Gasteiger partial charge in [0.25, 0.3) is 17.5 Å². The van der Waals surface area contributed by atoms with Gasteiger partial charge in [-0.05, 0) is 43.3 Å². The third-order valence-electron chi connectivity index (χ3n) is 4.74. The van der Waals surface area contributed by atoms with Gasteiger partial charge in [0.2, 0.25) is 0 Å². The maximum atomic E-state index is 13.3. The Kier molecular flexibility index (Phi) is 5.16. The second kappa shape index (κ2) is 7.94. The Labute approximate surface area is 177 Å². The largest absolute Gasteiger partial charge is 0.495 e. The number of methoxy groups -OCH3 is 1. The molecule has 0 aliphatic rings. The molecule has 9 nitrogen and oxygen atoms in total. The lowest BCUT2D eigenvalue weighted by atomic mass is 10.1. The molecule has 1 N–H and O–H groups in total. The smallest absolute Gasteiger partial charge is 0.259 e. The first-order valence-corrected chi connectivity index (χ1v) is 9.41. The lowest BCUT2D eigenvalue weighted by Crippen LogP contribution is -2.22. The molecule has 0 unspecified atom stereocenters. The lowest BCUT2D eigenvalue weighted by molar-refractivity contribution is 0.0827. The molecule has 31 heavy (non-hydrogen) atoms. The number of aromatic nitrogens is 2. The monoisotopic (exact) mass is 420 g/mol. The van der Waals surface area contributed by atoms with E-state index in [1.165, 1.54) is 18.3 Å². The molecule has 0 aliphatic heterocycles. The summed E-state index contributed by atoms with van der Waals surface area (Å²) in [4.78, 5) is 31.5. The zero-order valence-corrected chi connectivity index (χ0v) is 17.4. The molecule has 0 atom stereocenters. The Balaban J connectivity index is 1.78. The molecular weight excluding hydrogens is 400 g/mol. The summed E-state index contributed by atoms with van der Waals surface area (Å²) >= 11 is 0. The van der Waals surface area contributed by atoms with Gasteiger partial charge in [-0.25, -0.2) is 4.98 Å². The summed E-state index contributed by atoms with van der Waals surface area (Å²) in [5.74, 6) is 0.280. The molecule has 0 aliphatic carbocycles. The normalized spacial score (nSPS) is 10.8. The minimum atomic E-state index is -0.431. The number of carbonyl (C=O) groups is 2. The number of rotatable bonds is 5. The number of nitrogens with one attached hydrogen (secondary N) is 1. The molecule has 0 fully saturated rings. The van der Waals surface area contributed by atoms with E-state index in [-0.39, 0.29) is 11.6 Å². The fraction of sp³-hybridized carbons (Fsp3) is 0.182. The topological polar surface area (TPSA) is 111 Å². The lowest BCUT2D eigenvalue weighted by Gasteiger charge is -2.15. The number of ether oxygens (including phenoxy) is 1. The van der Waals surface area contributed by atoms with Crippen LogP contribution in [0.3, 0.4) is 0 Å². The predicted molar refractivity (Wildman–Crippen MR) is 113 cm³/mol. The molecule has 9 heteroatoms. The minimum absolute atomic E-state index is 0.195. The number of aryl methyl sites for hydroxylation is 1. The molecule has 158 valence electrons. The Morgan fingerprint density at radius 3 is 2.65 bits per heavy atom. The number of hydrogen-bond donors (Lipinski definition) is 1. The number of pyridine rings is 1. The quantitative estimate of drug-likeness (QED) is 0.523. The SMILES string of the molecule is COc1ccc(C(=O)N(C)C)cc1NC(=O)c1cc(-c2ccco2)nc2onc(C)c12. The van der Waals surface area contributed by atoms with E-state index in [4.69, 9.17) is 13.7 Å². The zero-order chi connectivity index (χ0) is 22.1. The highest BCUT2D eigenvalue weighted by Gasteiger charge is 2.22. The third-order valence-corrected chi connectivity index (χ3v) is 4.74. The van der Waals surface area contributed by atoms with Gasteiger partial charge in [-0.15, -0.1) is 0 Å². The fourth-order valence-electron chi connectivity index (χ4n) is 3.21. The van der Waals surface area contributed by atoms with Crippen molar-refractivity contribution in [1.29, 1.82) is 0 Å². The fourth-order valence-corrected chi connectivity index (χ4v) is 3.21. The highest BCUT2D eigenvalue weighted by Crippen LogP contribution is 2.30. The molecule has 1 aromatic carbocycles. The van der Waals surface area contributed by atoms with Crippen molar-refractivity contribution in [2.45, 2.75) is 6.92 Å². The molecule has 3 aromatic heterocycles. The highest BCUT2D eigenvalue weighted by atomic mass is 16.5. The summed E-state index contributed by atoms with van der Waals surface area (Å²) in [6.07, 6.45) is 1.52. The maximum absolute atomic E-state index is 13.3. The first-order valence-electron chi connectivity index (χ1n) is 9.41. The summed E-state index contributed by atoms with van der Waals surface area (Å²) in [7, 11) is 4.80. The number of fused-ring (bicyclic) bond motifs is 1. The van der Waals surface area contributed by atoms with Crippen LogP contribution in [-0.4, -0.2) is 48.1 Å². The van der Waals surface area contributed by atoms with E-state index in [2.05, 4.69) is 15.5 Å². The van der Waals surface area contributed by atoms with Crippen molar-refractivity contribution < 1.29 is 23.3 Å². The van der Waals surface area contributed by atoms with E-state index in [1.807, 2.05) is 0 Å². The summed E-state index contributed by atoms with van der Waals surface area (Å²) in [6.45, 7) is 1.73. The number of amides is 2. The number of anilines is 1. The zero-order valence-electron chi connectivity index (χ0n) is 17.4. The Morgan fingerprint density at radius 2 is 1.97 bits per heavy atom. The van der Waals surface area contributed by atoms with Crippen molar-refractivity contribution >= 4 is 28.6 Å². The third kappa shape index (κ3) is 3.73. The molecule has 0 radical (unpaired) electrons. The van der Waals surface area contributed by atoms with Crippen LogP contribution in [0.25, 0.3) is 22.6 Å². The number of nitrogens with zero attached hydrogens (tertiary/aromatic N) is 3. The van der Waals surface area contributed by atoms with E-state index in [0.717, 1.165) is 0 Å². The van der Waals surface area contributed by atoms with Gasteiger partial charge >= 0.3 is 0 Å². The molecule has 4 aromatic rings. The Morgan fingerprint density at radius 1 is 1.16 bits per heavy atom. The second-order valence-corrected chi connectivity index (χ2v) is 7.05. The van der Waals surface area contributed by atoms with Crippen LogP contribution in [0.15, 0.2) is 51.6 Å². The van der Waals surface area contributed by atoms with Gasteiger partial charge in [0, 0.05) is 19.7 Å². The van der Waals surface area contributed by atoms with Crippen molar-refractivity contribution in [3.63, 3.8) is 0 Å². The number of furan rings is 1. The van der Waals surface area contributed by atoms with Crippen molar-refractivity contribution in [3.8, 4) is 17.2 Å². The Bertz CT molecular complexity index is 1270. The van der Waals surface area contributed by atoms with Crippen molar-refractivity contribution in [2.75, 3.05) is 26.5 Å². The van der Waals surface area contributed by atoms with Crippen molar-refractivity contribution in [3.05, 3.63) is 59.5 Å². The van der Waals surface area contributed by atoms with E-state index in [9.17, 15) is 9.59 Å². The standard InChI is InChI=1S/C22H20N4O5/c1-12-19-14(11-16(18-6-5-9-30-18)24-21(19)31-25-12)20(27)23-15-10-13(22(28)26(2)3)7-8-17(15)29-4/h5-11H,1-4H3,(H,23,27). The number of carbonyl (C=O) groups excluding carboxylic acids is 2. The molecule has 0 bridgehead atoms. The van der Waals surface area contributed by atoms with Gasteiger partial charge in [-0.2, -0.15) is 0 Å². The van der Waals surface area contributed by atoms with Crippen LogP contribution in [0.4, 0.5) is 5.69 Å². The van der Waals surface area contributed by atoms with E-state index < -0.39 is 5.91 Å². The summed E-state index contributed by atoms with van der Waals surface area (Å²) < 4.78 is 16.1. The van der Waals surface area contributed by atoms with Gasteiger partial charge in [-0.3, -0.25) is 9.59 Å². The van der Waals surface area contributed by atoms with Gasteiger partial charge in [0.05, 0.1) is 35.7 Å². The predicted octanol–water partition coefficient (Wildman–Crippen LogP) is 3.75. The molecule has 4 rings (SSSR count). The van der Waals surface area contributed by atoms with Crippen LogP contribution in [0.5, 0.6) is 5.75 Å². The molecule has 3 heterocycles. The van der Waals surface area contributed by atoms with E-state index in [1.54, 1.807) is 57.4 Å². The van der Waals surface area contributed by atoms with Crippen LogP contribution in [0.2, 0.25) is 0 Å². The second-order valence-electron chi connectivity index (χ2n) is 7.05. The van der Waals surface area contributed by atoms with Crippen molar-refractivity contribution in [1.82, 2.24) is 15.0 Å². The van der Waals surface area contributed by atoms with Gasteiger partial charge in [-0.1, -0.05) is 5.16 Å². The van der Waals surface area contributed by atoms with Gasteiger partial charge in [0.1, 0.15) is 11.4 Å². The van der Waals surface area contributed by atoms with Crippen LogP contribution < -0.4 is 10.1 Å². The first-order chi connectivity index (χ1) is 14.9. The molecular formula is C22H20N4O5. The molecule has 2 amide bonds. The average molecular weight is 420 g/mol. The van der Waals surface area contributed by atoms with E-state index >= 15 is 0 Å². The first kappa shape index (κ1) is 20.1. The van der Waals surface area contributed by atoms with E-state index in [0.29, 0.717) is 45.1 Å². The van der Waals surface area contributed by atoms with Crippen molar-refractivity contribution in [2.24, 2.45) is 0 Å². The Hall–Kier alpha value is -4.14. The number of hydrogen-bond acceptors (Lipinski definition) is 7. The maximum Gasteiger partial charge on any atom is 0.259 e. The molecule has 0 spiro atoms. The van der Waals surface area contributed by atoms with Gasteiger partial charge < -0.3 is 23.9 Å². The van der Waals surface area contributed by atoms with Crippen LogP contribution in [0.1, 0.15) is 26.4 Å². The molecule has 0 saturated carbocycles. The molecule has 0 saturated heterocycles. The summed E-state index contributed by atoms with van der Waals surface area (Å²) in [5.41, 5.74) is 2.27. The number of benzene rings is 1. The average Bonchev–Trinajstić information content (AvgIpc) is 3.43. The minimum Gasteiger partial charge on any atom is -0.495 e. The summed E-state index contributed by atoms with van der Waals surface area (Å²) in [5, 5.41) is 7.26. The van der Waals surface area contributed by atoms with Crippen LogP contribution in [-0.2, 0) is 0 Å². The van der Waals surface area contributed by atoms with Gasteiger partial charge in [0.15, 0.2) is 5.76 Å². The van der Waals surface area contributed by atoms with Crippen LogP contribution in [0, 0.1) is 6.92 Å². The summed E-state index contributed by atoms with van der Waals surface area (Å²) in [6, 6.07) is 9.92.